The maximum atomic E-state index is 11.4. The molecule has 0 bridgehead atoms. The van der Waals surface area contributed by atoms with Gasteiger partial charge in [-0.1, -0.05) is 30.3 Å². The van der Waals surface area contributed by atoms with Gasteiger partial charge in [0.25, 0.3) is 5.69 Å². The average molecular weight is 308 g/mol. The second kappa shape index (κ2) is 7.23. The molecule has 0 heterocycles. The van der Waals surface area contributed by atoms with E-state index in [1.165, 1.54) is 13.0 Å². The molecule has 116 valence electrons. The van der Waals surface area contributed by atoms with Crippen molar-refractivity contribution in [1.82, 2.24) is 0 Å². The number of benzene rings is 2. The summed E-state index contributed by atoms with van der Waals surface area (Å²) in [6, 6.07) is 13.6. The molecule has 2 rings (SSSR count). The van der Waals surface area contributed by atoms with Crippen molar-refractivity contribution in [2.24, 2.45) is 0 Å². The molecule has 2 aromatic rings. The van der Waals surface area contributed by atoms with Crippen LogP contribution in [-0.4, -0.2) is 10.7 Å². The number of nitro benzene ring substituents is 1. The number of hydrogen-bond donors (Lipinski definition) is 1. The smallest absolute Gasteiger partial charge is 0.293 e. The molecule has 0 spiro atoms. The normalized spacial score (nSPS) is 11.3. The molecule has 0 aliphatic rings. The number of rotatable bonds is 6. The van der Waals surface area contributed by atoms with Crippen LogP contribution in [-0.2, 0) is 0 Å². The number of terminal acetylenes is 1. The van der Waals surface area contributed by atoms with Crippen LogP contribution in [0.1, 0.15) is 35.3 Å². The standard InChI is InChI=1S/C18H16N2O3/c1-3-7-16(14-8-5-4-6-9-14)19-17-11-10-15(13(2)21)12-18(17)20(22)23/h1,4-6,8-12,16,19H,7H2,2H3/t16-/m0/s1. The third kappa shape index (κ3) is 3.95. The van der Waals surface area contributed by atoms with Gasteiger partial charge < -0.3 is 5.32 Å². The van der Waals surface area contributed by atoms with Gasteiger partial charge in [0.05, 0.1) is 11.0 Å². The predicted octanol–water partition coefficient (Wildman–Crippen LogP) is 3.97. The van der Waals surface area contributed by atoms with E-state index in [9.17, 15) is 14.9 Å². The van der Waals surface area contributed by atoms with E-state index in [1.54, 1.807) is 12.1 Å². The summed E-state index contributed by atoms with van der Waals surface area (Å²) in [6.07, 6.45) is 5.80. The first kappa shape index (κ1) is 16.2. The molecular formula is C18H16N2O3. The van der Waals surface area contributed by atoms with Gasteiger partial charge in [-0.25, -0.2) is 0 Å². The van der Waals surface area contributed by atoms with Crippen molar-refractivity contribution in [2.75, 3.05) is 5.32 Å². The fraction of sp³-hybridized carbons (Fsp3) is 0.167. The van der Waals surface area contributed by atoms with Gasteiger partial charge >= 0.3 is 0 Å². The van der Waals surface area contributed by atoms with Gasteiger partial charge in [0.1, 0.15) is 5.69 Å². The molecule has 0 aliphatic carbocycles. The number of carbonyl (C=O) groups is 1. The number of carbonyl (C=O) groups excluding carboxylic acids is 1. The van der Waals surface area contributed by atoms with Crippen molar-refractivity contribution in [2.45, 2.75) is 19.4 Å². The summed E-state index contributed by atoms with van der Waals surface area (Å²) in [4.78, 5) is 22.2. The van der Waals surface area contributed by atoms with E-state index in [4.69, 9.17) is 6.42 Å². The first-order chi connectivity index (χ1) is 11.0. The minimum Gasteiger partial charge on any atom is -0.372 e. The number of ketones is 1. The maximum Gasteiger partial charge on any atom is 0.293 e. The fourth-order valence-electron chi connectivity index (χ4n) is 2.27. The number of anilines is 1. The minimum absolute atomic E-state index is 0.143. The summed E-state index contributed by atoms with van der Waals surface area (Å²) in [5.41, 5.74) is 1.44. The number of nitrogens with zero attached hydrogens (tertiary/aromatic N) is 1. The molecule has 0 unspecified atom stereocenters. The molecule has 0 saturated heterocycles. The summed E-state index contributed by atoms with van der Waals surface area (Å²) in [6.45, 7) is 1.37. The minimum atomic E-state index is -0.507. The molecule has 0 fully saturated rings. The van der Waals surface area contributed by atoms with Crippen molar-refractivity contribution in [1.29, 1.82) is 0 Å². The van der Waals surface area contributed by atoms with Crippen molar-refractivity contribution < 1.29 is 9.72 Å². The number of nitrogens with one attached hydrogen (secondary N) is 1. The van der Waals surface area contributed by atoms with Crippen molar-refractivity contribution in [3.05, 3.63) is 69.8 Å². The molecule has 1 N–H and O–H groups in total. The Balaban J connectivity index is 2.38. The Bertz CT molecular complexity index is 764. The van der Waals surface area contributed by atoms with E-state index in [0.717, 1.165) is 5.56 Å². The van der Waals surface area contributed by atoms with Crippen LogP contribution in [0.5, 0.6) is 0 Å². The Morgan fingerprint density at radius 1 is 1.30 bits per heavy atom. The first-order valence-corrected chi connectivity index (χ1v) is 7.07. The van der Waals surface area contributed by atoms with E-state index >= 15 is 0 Å². The topological polar surface area (TPSA) is 72.2 Å². The zero-order valence-corrected chi connectivity index (χ0v) is 12.7. The summed E-state index contributed by atoms with van der Waals surface area (Å²) >= 11 is 0. The molecular weight excluding hydrogens is 292 g/mol. The lowest BCUT2D eigenvalue weighted by Gasteiger charge is -2.18. The average Bonchev–Trinajstić information content (AvgIpc) is 2.55. The Hall–Kier alpha value is -3.13. The van der Waals surface area contributed by atoms with Crippen LogP contribution in [0.4, 0.5) is 11.4 Å². The van der Waals surface area contributed by atoms with Gasteiger partial charge in [0.15, 0.2) is 5.78 Å². The quantitative estimate of drug-likeness (QED) is 0.379. The number of nitro groups is 1. The summed E-state index contributed by atoms with van der Waals surface area (Å²) in [5.74, 6) is 2.36. The molecule has 0 amide bonds. The second-order valence-electron chi connectivity index (χ2n) is 5.06. The van der Waals surface area contributed by atoms with E-state index in [-0.39, 0.29) is 17.5 Å². The van der Waals surface area contributed by atoms with Crippen LogP contribution >= 0.6 is 0 Å². The van der Waals surface area contributed by atoms with Crippen LogP contribution in [0.2, 0.25) is 0 Å². The van der Waals surface area contributed by atoms with Crippen LogP contribution < -0.4 is 5.32 Å². The molecule has 23 heavy (non-hydrogen) atoms. The van der Waals surface area contributed by atoms with Gasteiger partial charge in [0, 0.05) is 18.1 Å². The summed E-state index contributed by atoms with van der Waals surface area (Å²) in [7, 11) is 0. The van der Waals surface area contributed by atoms with Crippen molar-refractivity contribution in [3.63, 3.8) is 0 Å². The largest absolute Gasteiger partial charge is 0.372 e. The van der Waals surface area contributed by atoms with E-state index in [0.29, 0.717) is 17.7 Å². The fourth-order valence-corrected chi connectivity index (χ4v) is 2.27. The second-order valence-corrected chi connectivity index (χ2v) is 5.06. The van der Waals surface area contributed by atoms with Crippen LogP contribution in [0.3, 0.4) is 0 Å². The lowest BCUT2D eigenvalue weighted by atomic mass is 10.0. The Morgan fingerprint density at radius 2 is 2.00 bits per heavy atom. The van der Waals surface area contributed by atoms with Gasteiger partial charge in [-0.2, -0.15) is 0 Å². The molecule has 5 heteroatoms. The highest BCUT2D eigenvalue weighted by Gasteiger charge is 2.19. The van der Waals surface area contributed by atoms with Crippen molar-refractivity contribution in [3.8, 4) is 12.3 Å². The zero-order chi connectivity index (χ0) is 16.8. The van der Waals surface area contributed by atoms with Gasteiger partial charge in [-0.3, -0.25) is 14.9 Å². The highest BCUT2D eigenvalue weighted by molar-refractivity contribution is 5.95. The first-order valence-electron chi connectivity index (χ1n) is 7.07. The SMILES string of the molecule is C#CC[C@H](Nc1ccc(C(C)=O)cc1[N+](=O)[O-])c1ccccc1. The van der Waals surface area contributed by atoms with Gasteiger partial charge in [-0.15, -0.1) is 12.3 Å². The molecule has 0 saturated carbocycles. The summed E-state index contributed by atoms with van der Waals surface area (Å²) in [5, 5.41) is 14.4. The molecule has 5 nitrogen and oxygen atoms in total. The van der Waals surface area contributed by atoms with E-state index < -0.39 is 4.92 Å². The number of Topliss-reactive ketones (excluding diaryl/α,β-unsaturated/α-hetero) is 1. The maximum absolute atomic E-state index is 11.4. The Morgan fingerprint density at radius 3 is 2.57 bits per heavy atom. The van der Waals surface area contributed by atoms with E-state index in [2.05, 4.69) is 11.2 Å². The van der Waals surface area contributed by atoms with Crippen molar-refractivity contribution >= 4 is 17.2 Å². The van der Waals surface area contributed by atoms with Crippen LogP contribution in [0.25, 0.3) is 0 Å². The molecule has 0 radical (unpaired) electrons. The Labute approximate surface area is 134 Å². The Kier molecular flexibility index (Phi) is 5.11. The lowest BCUT2D eigenvalue weighted by molar-refractivity contribution is -0.384. The lowest BCUT2D eigenvalue weighted by Crippen LogP contribution is -2.12. The van der Waals surface area contributed by atoms with E-state index in [1.807, 2.05) is 30.3 Å². The predicted molar refractivity (Wildman–Crippen MR) is 89.4 cm³/mol. The zero-order valence-electron chi connectivity index (χ0n) is 12.7. The third-order valence-electron chi connectivity index (χ3n) is 3.45. The van der Waals surface area contributed by atoms with Gasteiger partial charge in [-0.05, 0) is 24.6 Å². The molecule has 0 aromatic heterocycles. The van der Waals surface area contributed by atoms with Gasteiger partial charge in [0.2, 0.25) is 0 Å². The molecule has 0 aliphatic heterocycles. The monoisotopic (exact) mass is 308 g/mol. The van der Waals surface area contributed by atoms with Crippen LogP contribution in [0.15, 0.2) is 48.5 Å². The highest BCUT2D eigenvalue weighted by atomic mass is 16.6. The molecule has 2 aromatic carbocycles. The number of hydrogen-bond acceptors (Lipinski definition) is 4. The summed E-state index contributed by atoms with van der Waals surface area (Å²) < 4.78 is 0. The molecule has 1 atom stereocenters. The third-order valence-corrected chi connectivity index (χ3v) is 3.45. The highest BCUT2D eigenvalue weighted by Crippen LogP contribution is 2.30. The van der Waals surface area contributed by atoms with Crippen LogP contribution in [0, 0.1) is 22.5 Å².